The minimum atomic E-state index is -0.0697. The normalized spacial score (nSPS) is 29.0. The maximum Gasteiger partial charge on any atom is 0.258 e. The van der Waals surface area contributed by atoms with Gasteiger partial charge in [-0.1, -0.05) is 12.1 Å². The molecule has 0 spiro atoms. The number of aromatic nitrogens is 3. The van der Waals surface area contributed by atoms with Gasteiger partial charge < -0.3 is 19.5 Å². The van der Waals surface area contributed by atoms with E-state index in [-0.39, 0.29) is 24.0 Å². The van der Waals surface area contributed by atoms with E-state index >= 15 is 0 Å². The third kappa shape index (κ3) is 5.05. The summed E-state index contributed by atoms with van der Waals surface area (Å²) in [7, 11) is 0. The summed E-state index contributed by atoms with van der Waals surface area (Å²) in [5.74, 6) is 3.65. The molecule has 2 aliphatic carbocycles. The number of hydrogen-bond donors (Lipinski definition) is 1. The first-order valence-corrected chi connectivity index (χ1v) is 12.4. The van der Waals surface area contributed by atoms with Crippen LogP contribution < -0.4 is 10.1 Å². The van der Waals surface area contributed by atoms with Crippen molar-refractivity contribution >= 4 is 5.91 Å². The Bertz CT molecular complexity index is 953. The molecule has 8 nitrogen and oxygen atoms in total. The second-order valence-corrected chi connectivity index (χ2v) is 10.2. The van der Waals surface area contributed by atoms with Gasteiger partial charge in [0.15, 0.2) is 12.4 Å². The van der Waals surface area contributed by atoms with E-state index in [4.69, 9.17) is 9.26 Å². The highest BCUT2D eigenvalue weighted by molar-refractivity contribution is 5.77. The van der Waals surface area contributed by atoms with Crippen LogP contribution in [0.25, 0.3) is 0 Å². The van der Waals surface area contributed by atoms with Crippen molar-refractivity contribution in [3.63, 3.8) is 0 Å². The second kappa shape index (κ2) is 9.41. The van der Waals surface area contributed by atoms with Gasteiger partial charge in [-0.3, -0.25) is 4.79 Å². The summed E-state index contributed by atoms with van der Waals surface area (Å²) in [6, 6.07) is 2.44. The number of ether oxygens (including phenoxy) is 1. The molecule has 2 aromatic heterocycles. The lowest BCUT2D eigenvalue weighted by Gasteiger charge is -2.30. The van der Waals surface area contributed by atoms with Crippen molar-refractivity contribution in [3.05, 3.63) is 35.7 Å². The SMILES string of the molecule is CCc1cc([C@]23C[C@H]2CN(CCC2CCC(NC(=O)COc4cnc(C)nc4)CC2)C3)no1. The Morgan fingerprint density at radius 2 is 2.06 bits per heavy atom. The van der Waals surface area contributed by atoms with E-state index in [9.17, 15) is 4.79 Å². The summed E-state index contributed by atoms with van der Waals surface area (Å²) in [5.41, 5.74) is 1.45. The topological polar surface area (TPSA) is 93.4 Å². The molecule has 8 heteroatoms. The van der Waals surface area contributed by atoms with Crippen molar-refractivity contribution in [2.75, 3.05) is 26.2 Å². The molecule has 5 rings (SSSR count). The molecule has 33 heavy (non-hydrogen) atoms. The van der Waals surface area contributed by atoms with Gasteiger partial charge in [0.05, 0.1) is 18.1 Å². The van der Waals surface area contributed by atoms with Crippen molar-refractivity contribution in [2.24, 2.45) is 11.8 Å². The minimum Gasteiger partial charge on any atom is -0.481 e. The number of nitrogens with zero attached hydrogens (tertiary/aromatic N) is 4. The lowest BCUT2D eigenvalue weighted by molar-refractivity contribution is -0.124. The first-order valence-electron chi connectivity index (χ1n) is 12.4. The highest BCUT2D eigenvalue weighted by atomic mass is 16.5. The molecule has 3 aliphatic rings. The standard InChI is InChI=1S/C25H35N5O3/c1-3-21-10-23(29-33-21)25-11-19(25)14-30(16-25)9-8-18-4-6-20(7-5-18)28-24(31)15-32-22-12-26-17(2)27-13-22/h10,12-13,18-20H,3-9,11,14-16H2,1-2H3,(H,28,31)/t18?,19-,20?,25-/m0/s1. The molecule has 0 aromatic carbocycles. The Hall–Kier alpha value is -2.48. The van der Waals surface area contributed by atoms with E-state index in [2.05, 4.69) is 38.3 Å². The van der Waals surface area contributed by atoms with Crippen molar-refractivity contribution in [1.29, 1.82) is 0 Å². The highest BCUT2D eigenvalue weighted by Gasteiger charge is 2.62. The maximum absolute atomic E-state index is 12.2. The Morgan fingerprint density at radius 3 is 2.79 bits per heavy atom. The summed E-state index contributed by atoms with van der Waals surface area (Å²) in [6.07, 6.45) is 11.1. The van der Waals surface area contributed by atoms with Gasteiger partial charge in [-0.2, -0.15) is 0 Å². The smallest absolute Gasteiger partial charge is 0.258 e. The minimum absolute atomic E-state index is 0.00942. The van der Waals surface area contributed by atoms with E-state index < -0.39 is 0 Å². The third-order valence-electron chi connectivity index (χ3n) is 7.83. The number of rotatable bonds is 9. The molecule has 2 atom stereocenters. The first kappa shape index (κ1) is 22.3. The Morgan fingerprint density at radius 1 is 1.27 bits per heavy atom. The molecule has 2 saturated carbocycles. The van der Waals surface area contributed by atoms with Crippen LogP contribution >= 0.6 is 0 Å². The molecular weight excluding hydrogens is 418 g/mol. The van der Waals surface area contributed by atoms with E-state index in [1.165, 1.54) is 44.5 Å². The number of nitrogens with one attached hydrogen (secondary N) is 1. The fourth-order valence-electron chi connectivity index (χ4n) is 5.70. The van der Waals surface area contributed by atoms with Crippen LogP contribution in [0.4, 0.5) is 0 Å². The Balaban J connectivity index is 0.992. The second-order valence-electron chi connectivity index (χ2n) is 10.2. The summed E-state index contributed by atoms with van der Waals surface area (Å²) in [6.45, 7) is 7.44. The first-order chi connectivity index (χ1) is 16.0. The molecule has 0 bridgehead atoms. The molecule has 1 amide bonds. The van der Waals surface area contributed by atoms with Gasteiger partial charge >= 0.3 is 0 Å². The van der Waals surface area contributed by atoms with Crippen LogP contribution in [0.3, 0.4) is 0 Å². The third-order valence-corrected chi connectivity index (χ3v) is 7.83. The molecular formula is C25H35N5O3. The quantitative estimate of drug-likeness (QED) is 0.624. The maximum atomic E-state index is 12.2. The van der Waals surface area contributed by atoms with Crippen molar-refractivity contribution < 1.29 is 14.1 Å². The zero-order chi connectivity index (χ0) is 22.8. The van der Waals surface area contributed by atoms with Crippen LogP contribution in [0.1, 0.15) is 62.7 Å². The van der Waals surface area contributed by atoms with Crippen molar-refractivity contribution in [1.82, 2.24) is 25.3 Å². The lowest BCUT2D eigenvalue weighted by Crippen LogP contribution is -2.40. The zero-order valence-electron chi connectivity index (χ0n) is 19.8. The number of likely N-dealkylation sites (tertiary alicyclic amines) is 1. The number of fused-ring (bicyclic) bond motifs is 1. The van der Waals surface area contributed by atoms with Gasteiger partial charge in [0.2, 0.25) is 0 Å². The van der Waals surface area contributed by atoms with Gasteiger partial charge in [-0.15, -0.1) is 0 Å². The number of aryl methyl sites for hydroxylation is 2. The monoisotopic (exact) mass is 453 g/mol. The van der Waals surface area contributed by atoms with E-state index in [0.29, 0.717) is 11.6 Å². The van der Waals surface area contributed by atoms with Crippen LogP contribution in [0, 0.1) is 18.8 Å². The number of hydrogen-bond acceptors (Lipinski definition) is 7. The molecule has 0 unspecified atom stereocenters. The molecule has 1 N–H and O–H groups in total. The molecule has 1 saturated heterocycles. The average Bonchev–Trinajstić information content (AvgIpc) is 3.16. The largest absolute Gasteiger partial charge is 0.481 e. The van der Waals surface area contributed by atoms with Crippen LogP contribution in [0.5, 0.6) is 5.75 Å². The molecule has 3 fully saturated rings. The van der Waals surface area contributed by atoms with Crippen molar-refractivity contribution in [2.45, 2.75) is 70.3 Å². The highest BCUT2D eigenvalue weighted by Crippen LogP contribution is 2.58. The number of carbonyl (C=O) groups excluding carboxylic acids is 1. The van der Waals surface area contributed by atoms with E-state index in [0.717, 1.165) is 43.4 Å². The zero-order valence-corrected chi connectivity index (χ0v) is 19.8. The molecule has 2 aromatic rings. The molecule has 1 aliphatic heterocycles. The van der Waals surface area contributed by atoms with Gasteiger partial charge in [-0.05, 0) is 63.8 Å². The van der Waals surface area contributed by atoms with E-state index in [1.807, 2.05) is 6.92 Å². The summed E-state index contributed by atoms with van der Waals surface area (Å²) < 4.78 is 11.0. The van der Waals surface area contributed by atoms with Crippen LogP contribution in [-0.4, -0.2) is 58.2 Å². The molecule has 3 heterocycles. The fraction of sp³-hybridized carbons (Fsp3) is 0.680. The predicted octanol–water partition coefficient (Wildman–Crippen LogP) is 3.05. The van der Waals surface area contributed by atoms with Gasteiger partial charge in [0.25, 0.3) is 5.91 Å². The van der Waals surface area contributed by atoms with Crippen LogP contribution in [0.2, 0.25) is 0 Å². The lowest BCUT2D eigenvalue weighted by atomic mass is 9.84. The van der Waals surface area contributed by atoms with Crippen LogP contribution in [-0.2, 0) is 16.6 Å². The summed E-state index contributed by atoms with van der Waals surface area (Å²) in [4.78, 5) is 23.0. The molecule has 0 radical (unpaired) electrons. The van der Waals surface area contributed by atoms with Gasteiger partial charge in [0.1, 0.15) is 11.6 Å². The Kier molecular flexibility index (Phi) is 6.36. The number of amides is 1. The Labute approximate surface area is 195 Å². The van der Waals surface area contributed by atoms with Gasteiger partial charge in [0, 0.05) is 37.0 Å². The van der Waals surface area contributed by atoms with Crippen molar-refractivity contribution in [3.8, 4) is 5.75 Å². The number of carbonyl (C=O) groups is 1. The van der Waals surface area contributed by atoms with Gasteiger partial charge in [-0.25, -0.2) is 9.97 Å². The summed E-state index contributed by atoms with van der Waals surface area (Å²) in [5, 5.41) is 7.51. The average molecular weight is 454 g/mol. The fourth-order valence-corrected chi connectivity index (χ4v) is 5.70. The number of piperidine rings is 1. The van der Waals surface area contributed by atoms with Crippen LogP contribution in [0.15, 0.2) is 23.0 Å². The predicted molar refractivity (Wildman–Crippen MR) is 123 cm³/mol. The summed E-state index contributed by atoms with van der Waals surface area (Å²) >= 11 is 0. The molecule has 178 valence electrons. The van der Waals surface area contributed by atoms with E-state index in [1.54, 1.807) is 12.4 Å².